The molecule has 0 aliphatic rings. The Labute approximate surface area is 128 Å². The number of aromatic nitrogens is 2. The van der Waals surface area contributed by atoms with E-state index in [4.69, 9.17) is 10.7 Å². The van der Waals surface area contributed by atoms with Crippen LogP contribution in [0.1, 0.15) is 0 Å². The third kappa shape index (κ3) is 2.04. The first-order valence-electron chi connectivity index (χ1n) is 7.21. The van der Waals surface area contributed by atoms with Gasteiger partial charge < -0.3 is 10.7 Å². The summed E-state index contributed by atoms with van der Waals surface area (Å²) in [5, 5.41) is 0.978. The van der Waals surface area contributed by atoms with Gasteiger partial charge in [-0.25, -0.2) is 4.98 Å². The molecule has 0 aliphatic heterocycles. The molecular formula is C19H15N3. The first kappa shape index (κ1) is 12.7. The van der Waals surface area contributed by atoms with Gasteiger partial charge in [0.1, 0.15) is 5.65 Å². The van der Waals surface area contributed by atoms with Gasteiger partial charge in [0.25, 0.3) is 0 Å². The quantitative estimate of drug-likeness (QED) is 0.570. The van der Waals surface area contributed by atoms with E-state index in [2.05, 4.69) is 35.3 Å². The van der Waals surface area contributed by atoms with Crippen LogP contribution in [0.25, 0.3) is 33.4 Å². The SMILES string of the molecule is Nc1c[nH]c2nc(-c3ccccc3)cc(-c3ccccc3)c12. The second kappa shape index (κ2) is 5.04. The Bertz CT molecular complexity index is 925. The Morgan fingerprint density at radius 2 is 1.45 bits per heavy atom. The fourth-order valence-electron chi connectivity index (χ4n) is 2.76. The zero-order valence-electron chi connectivity index (χ0n) is 12.0. The number of nitrogen functional groups attached to an aromatic ring is 1. The molecule has 3 nitrogen and oxygen atoms in total. The number of fused-ring (bicyclic) bond motifs is 1. The summed E-state index contributed by atoms with van der Waals surface area (Å²) >= 11 is 0. The number of nitrogens with one attached hydrogen (secondary N) is 1. The van der Waals surface area contributed by atoms with E-state index in [0.29, 0.717) is 0 Å². The highest BCUT2D eigenvalue weighted by Gasteiger charge is 2.12. The maximum Gasteiger partial charge on any atom is 0.140 e. The van der Waals surface area contributed by atoms with Crippen LogP contribution in [0.3, 0.4) is 0 Å². The molecule has 106 valence electrons. The number of pyridine rings is 1. The molecule has 0 saturated carbocycles. The number of nitrogens with zero attached hydrogens (tertiary/aromatic N) is 1. The smallest absolute Gasteiger partial charge is 0.140 e. The molecule has 0 fully saturated rings. The Balaban J connectivity index is 2.03. The van der Waals surface area contributed by atoms with Crippen molar-refractivity contribution >= 4 is 16.7 Å². The van der Waals surface area contributed by atoms with Crippen LogP contribution in [0, 0.1) is 0 Å². The zero-order chi connectivity index (χ0) is 14.9. The molecule has 0 atom stereocenters. The molecule has 4 aromatic rings. The minimum absolute atomic E-state index is 0.723. The minimum atomic E-state index is 0.723. The van der Waals surface area contributed by atoms with Crippen LogP contribution in [0.2, 0.25) is 0 Å². The maximum absolute atomic E-state index is 6.13. The highest BCUT2D eigenvalue weighted by atomic mass is 14.9. The third-order valence-electron chi connectivity index (χ3n) is 3.83. The molecule has 0 saturated heterocycles. The molecule has 2 aromatic heterocycles. The van der Waals surface area contributed by atoms with Gasteiger partial charge in [0.05, 0.1) is 11.4 Å². The molecule has 0 aliphatic carbocycles. The van der Waals surface area contributed by atoms with Crippen LogP contribution in [-0.2, 0) is 0 Å². The van der Waals surface area contributed by atoms with Crippen LogP contribution in [0.5, 0.6) is 0 Å². The molecule has 0 amide bonds. The Kier molecular flexibility index (Phi) is 2.90. The first-order valence-corrected chi connectivity index (χ1v) is 7.21. The summed E-state index contributed by atoms with van der Waals surface area (Å²) in [6, 6.07) is 22.6. The molecule has 0 radical (unpaired) electrons. The standard InChI is InChI=1S/C19H15N3/c20-16-12-21-19-18(16)15(13-7-3-1-4-8-13)11-17(22-19)14-9-5-2-6-10-14/h1-12H,20H2,(H,21,22). The van der Waals surface area contributed by atoms with Gasteiger partial charge in [-0.2, -0.15) is 0 Å². The summed E-state index contributed by atoms with van der Waals surface area (Å²) in [6.45, 7) is 0. The van der Waals surface area contributed by atoms with E-state index < -0.39 is 0 Å². The largest absolute Gasteiger partial charge is 0.397 e. The maximum atomic E-state index is 6.13. The van der Waals surface area contributed by atoms with Crippen molar-refractivity contribution in [3.8, 4) is 22.4 Å². The van der Waals surface area contributed by atoms with Crippen molar-refractivity contribution in [1.82, 2.24) is 9.97 Å². The van der Waals surface area contributed by atoms with Crippen LogP contribution >= 0.6 is 0 Å². The number of aromatic amines is 1. The lowest BCUT2D eigenvalue weighted by atomic mass is 10.00. The van der Waals surface area contributed by atoms with Gasteiger partial charge in [-0.05, 0) is 17.2 Å². The van der Waals surface area contributed by atoms with E-state index in [1.54, 1.807) is 6.20 Å². The van der Waals surface area contributed by atoms with E-state index in [1.165, 1.54) is 0 Å². The van der Waals surface area contributed by atoms with Crippen LogP contribution in [0.4, 0.5) is 5.69 Å². The summed E-state index contributed by atoms with van der Waals surface area (Å²) in [5.41, 5.74) is 11.9. The summed E-state index contributed by atoms with van der Waals surface area (Å²) in [4.78, 5) is 7.89. The topological polar surface area (TPSA) is 54.7 Å². The molecule has 2 aromatic carbocycles. The van der Waals surface area contributed by atoms with Gasteiger partial charge in [-0.1, -0.05) is 60.7 Å². The molecule has 0 bridgehead atoms. The van der Waals surface area contributed by atoms with E-state index >= 15 is 0 Å². The van der Waals surface area contributed by atoms with Gasteiger partial charge in [-0.15, -0.1) is 0 Å². The van der Waals surface area contributed by atoms with Gasteiger partial charge in [0.15, 0.2) is 0 Å². The minimum Gasteiger partial charge on any atom is -0.397 e. The Hall–Kier alpha value is -3.07. The number of hydrogen-bond acceptors (Lipinski definition) is 2. The number of anilines is 1. The van der Waals surface area contributed by atoms with E-state index in [1.807, 2.05) is 36.4 Å². The summed E-state index contributed by atoms with van der Waals surface area (Å²) in [7, 11) is 0. The van der Waals surface area contributed by atoms with Crippen molar-refractivity contribution in [1.29, 1.82) is 0 Å². The van der Waals surface area contributed by atoms with Gasteiger partial charge in [-0.3, -0.25) is 0 Å². The molecule has 4 rings (SSSR count). The molecular weight excluding hydrogens is 270 g/mol. The van der Waals surface area contributed by atoms with Crippen molar-refractivity contribution in [2.45, 2.75) is 0 Å². The zero-order valence-corrected chi connectivity index (χ0v) is 12.0. The van der Waals surface area contributed by atoms with E-state index in [-0.39, 0.29) is 0 Å². The van der Waals surface area contributed by atoms with Gasteiger partial charge >= 0.3 is 0 Å². The van der Waals surface area contributed by atoms with Crippen LogP contribution < -0.4 is 5.73 Å². The fourth-order valence-corrected chi connectivity index (χ4v) is 2.76. The summed E-state index contributed by atoms with van der Waals surface area (Å²) in [6.07, 6.45) is 1.80. The van der Waals surface area contributed by atoms with Crippen molar-refractivity contribution < 1.29 is 0 Å². The summed E-state index contributed by atoms with van der Waals surface area (Å²) in [5.74, 6) is 0. The predicted molar refractivity (Wildman–Crippen MR) is 91.4 cm³/mol. The van der Waals surface area contributed by atoms with E-state index in [9.17, 15) is 0 Å². The molecule has 3 N–H and O–H groups in total. The second-order valence-electron chi connectivity index (χ2n) is 5.25. The fraction of sp³-hybridized carbons (Fsp3) is 0. The lowest BCUT2D eigenvalue weighted by Gasteiger charge is -2.08. The number of nitrogens with two attached hydrogens (primary N) is 1. The lowest BCUT2D eigenvalue weighted by molar-refractivity contribution is 1.32. The highest BCUT2D eigenvalue weighted by molar-refractivity contribution is 6.02. The average Bonchev–Trinajstić information content (AvgIpc) is 2.97. The van der Waals surface area contributed by atoms with Gasteiger partial charge in [0.2, 0.25) is 0 Å². The molecule has 0 spiro atoms. The third-order valence-corrected chi connectivity index (χ3v) is 3.83. The van der Waals surface area contributed by atoms with Crippen molar-refractivity contribution in [2.75, 3.05) is 5.73 Å². The predicted octanol–water partition coefficient (Wildman–Crippen LogP) is 4.48. The van der Waals surface area contributed by atoms with E-state index in [0.717, 1.165) is 39.1 Å². The molecule has 2 heterocycles. The number of hydrogen-bond donors (Lipinski definition) is 2. The number of rotatable bonds is 2. The van der Waals surface area contributed by atoms with Crippen molar-refractivity contribution in [3.05, 3.63) is 72.9 Å². The number of benzene rings is 2. The highest BCUT2D eigenvalue weighted by Crippen LogP contribution is 2.34. The normalized spacial score (nSPS) is 10.9. The second-order valence-corrected chi connectivity index (χ2v) is 5.25. The number of H-pyrrole nitrogens is 1. The van der Waals surface area contributed by atoms with Crippen LogP contribution in [0.15, 0.2) is 72.9 Å². The Morgan fingerprint density at radius 3 is 2.14 bits per heavy atom. The lowest BCUT2D eigenvalue weighted by Crippen LogP contribution is -1.90. The molecule has 3 heteroatoms. The molecule has 0 unspecified atom stereocenters. The van der Waals surface area contributed by atoms with Gasteiger partial charge in [0, 0.05) is 17.1 Å². The van der Waals surface area contributed by atoms with Crippen molar-refractivity contribution in [2.24, 2.45) is 0 Å². The first-order chi connectivity index (χ1) is 10.8. The van der Waals surface area contributed by atoms with Crippen LogP contribution in [-0.4, -0.2) is 9.97 Å². The summed E-state index contributed by atoms with van der Waals surface area (Å²) < 4.78 is 0. The molecule has 22 heavy (non-hydrogen) atoms. The average molecular weight is 285 g/mol. The Morgan fingerprint density at radius 1 is 0.818 bits per heavy atom. The monoisotopic (exact) mass is 285 g/mol. The van der Waals surface area contributed by atoms with Crippen molar-refractivity contribution in [3.63, 3.8) is 0 Å².